The molecule has 3 nitrogen and oxygen atoms in total. The average molecular weight is 354 g/mol. The van der Waals surface area contributed by atoms with E-state index in [1.54, 1.807) is 12.1 Å². The smallest absolute Gasteiger partial charge is 0.258 e. The summed E-state index contributed by atoms with van der Waals surface area (Å²) in [4.78, 5) is 0. The summed E-state index contributed by atoms with van der Waals surface area (Å²) >= 11 is 17.6. The molecule has 7 heteroatoms. The molecule has 1 unspecified atom stereocenters. The van der Waals surface area contributed by atoms with E-state index in [1.165, 1.54) is 0 Å². The number of hydrogen-bond acceptors (Lipinski definition) is 3. The molecule has 0 spiro atoms. The second kappa shape index (κ2) is 5.70. The van der Waals surface area contributed by atoms with Crippen LogP contribution in [0.15, 0.2) is 42.5 Å². The monoisotopic (exact) mass is 352 g/mol. The molecule has 0 saturated carbocycles. The lowest BCUT2D eigenvalue weighted by Crippen LogP contribution is -2.23. The van der Waals surface area contributed by atoms with Crippen LogP contribution in [0.3, 0.4) is 0 Å². The number of hydrogen-bond donors (Lipinski definition) is 0. The Hall–Kier alpha value is -0.520. The summed E-state index contributed by atoms with van der Waals surface area (Å²) in [7, 11) is -3.78. The molecule has 0 bridgehead atoms. The van der Waals surface area contributed by atoms with Crippen LogP contribution in [0, 0.1) is 0 Å². The van der Waals surface area contributed by atoms with E-state index in [4.69, 9.17) is 39.0 Å². The highest BCUT2D eigenvalue weighted by molar-refractivity contribution is 7.86. The van der Waals surface area contributed by atoms with E-state index in [-0.39, 0.29) is 0 Å². The van der Waals surface area contributed by atoms with Crippen LogP contribution < -0.4 is 0 Å². The second-order valence-corrected chi connectivity index (χ2v) is 8.26. The quantitative estimate of drug-likeness (QED) is 0.612. The first-order chi connectivity index (χ1) is 9.18. The predicted octanol–water partition coefficient (Wildman–Crippen LogP) is 4.23. The SMILES string of the molecule is CS(=O)(=O)OC(c1cccc2ccccc12)C(Cl)(Cl)Cl. The van der Waals surface area contributed by atoms with Gasteiger partial charge in [-0.05, 0) is 16.3 Å². The van der Waals surface area contributed by atoms with Gasteiger partial charge in [0, 0.05) is 0 Å². The maximum Gasteiger partial charge on any atom is 0.265 e. The molecule has 2 aromatic rings. The third-order valence-electron chi connectivity index (χ3n) is 2.67. The molecule has 0 aromatic heterocycles. The first-order valence-corrected chi connectivity index (χ1v) is 8.56. The van der Waals surface area contributed by atoms with Crippen molar-refractivity contribution in [3.05, 3.63) is 48.0 Å². The van der Waals surface area contributed by atoms with Crippen LogP contribution in [-0.2, 0) is 14.3 Å². The van der Waals surface area contributed by atoms with Crippen molar-refractivity contribution in [2.75, 3.05) is 6.26 Å². The van der Waals surface area contributed by atoms with Gasteiger partial charge in [-0.3, -0.25) is 4.18 Å². The van der Waals surface area contributed by atoms with Crippen molar-refractivity contribution in [3.63, 3.8) is 0 Å². The van der Waals surface area contributed by atoms with Gasteiger partial charge in [-0.2, -0.15) is 8.42 Å². The van der Waals surface area contributed by atoms with E-state index in [2.05, 4.69) is 0 Å². The molecule has 0 saturated heterocycles. The van der Waals surface area contributed by atoms with Gasteiger partial charge in [-0.1, -0.05) is 77.3 Å². The predicted molar refractivity (Wildman–Crippen MR) is 82.9 cm³/mol. The Labute approximate surface area is 132 Å². The fourth-order valence-corrected chi connectivity index (χ4v) is 3.18. The van der Waals surface area contributed by atoms with Gasteiger partial charge in [-0.25, -0.2) is 0 Å². The molecule has 108 valence electrons. The summed E-state index contributed by atoms with van der Waals surface area (Å²) in [5.74, 6) is 0. The highest BCUT2D eigenvalue weighted by atomic mass is 35.6. The van der Waals surface area contributed by atoms with Gasteiger partial charge in [0.15, 0.2) is 0 Å². The van der Waals surface area contributed by atoms with Crippen molar-refractivity contribution in [2.45, 2.75) is 9.90 Å². The van der Waals surface area contributed by atoms with Gasteiger partial charge in [-0.15, -0.1) is 0 Å². The van der Waals surface area contributed by atoms with Gasteiger partial charge >= 0.3 is 0 Å². The van der Waals surface area contributed by atoms with Crippen molar-refractivity contribution in [2.24, 2.45) is 0 Å². The van der Waals surface area contributed by atoms with Gasteiger partial charge < -0.3 is 0 Å². The number of benzene rings is 2. The molecular formula is C13H11Cl3O3S. The van der Waals surface area contributed by atoms with Crippen LogP contribution in [0.4, 0.5) is 0 Å². The first-order valence-electron chi connectivity index (χ1n) is 5.61. The zero-order valence-corrected chi connectivity index (χ0v) is 13.5. The molecule has 2 rings (SSSR count). The van der Waals surface area contributed by atoms with E-state index in [1.807, 2.05) is 30.3 Å². The summed E-state index contributed by atoms with van der Waals surface area (Å²) in [6.45, 7) is 0. The Balaban J connectivity index is 2.63. The molecule has 0 radical (unpaired) electrons. The molecule has 0 aliphatic carbocycles. The molecule has 0 aliphatic rings. The molecular weight excluding hydrogens is 343 g/mol. The summed E-state index contributed by atoms with van der Waals surface area (Å²) in [5.41, 5.74) is 0.508. The van der Waals surface area contributed by atoms with E-state index < -0.39 is 20.0 Å². The fourth-order valence-electron chi connectivity index (χ4n) is 1.94. The van der Waals surface area contributed by atoms with Crippen molar-refractivity contribution >= 4 is 55.7 Å². The lowest BCUT2D eigenvalue weighted by Gasteiger charge is -2.24. The second-order valence-electron chi connectivity index (χ2n) is 4.29. The Morgan fingerprint density at radius 1 is 1.05 bits per heavy atom. The van der Waals surface area contributed by atoms with Crippen LogP contribution >= 0.6 is 34.8 Å². The number of rotatable bonds is 3. The van der Waals surface area contributed by atoms with Crippen molar-refractivity contribution in [3.8, 4) is 0 Å². The number of fused-ring (bicyclic) bond motifs is 1. The number of alkyl halides is 3. The Bertz CT molecular complexity index is 718. The molecule has 0 heterocycles. The van der Waals surface area contributed by atoms with Gasteiger partial charge in [0.1, 0.15) is 6.10 Å². The largest absolute Gasteiger partial charge is 0.265 e. The van der Waals surface area contributed by atoms with Crippen molar-refractivity contribution in [1.82, 2.24) is 0 Å². The van der Waals surface area contributed by atoms with E-state index >= 15 is 0 Å². The van der Waals surface area contributed by atoms with E-state index in [0.717, 1.165) is 17.0 Å². The highest BCUT2D eigenvalue weighted by Gasteiger charge is 2.38. The van der Waals surface area contributed by atoms with Gasteiger partial charge in [0.2, 0.25) is 3.79 Å². The van der Waals surface area contributed by atoms with Crippen LogP contribution in [0.25, 0.3) is 10.8 Å². The highest BCUT2D eigenvalue weighted by Crippen LogP contribution is 2.44. The van der Waals surface area contributed by atoms with Gasteiger partial charge in [0.05, 0.1) is 6.26 Å². The molecule has 0 aliphatic heterocycles. The normalized spacial score (nSPS) is 14.4. The van der Waals surface area contributed by atoms with Gasteiger partial charge in [0.25, 0.3) is 10.1 Å². The first kappa shape index (κ1) is 15.9. The number of halogens is 3. The topological polar surface area (TPSA) is 43.4 Å². The van der Waals surface area contributed by atoms with E-state index in [9.17, 15) is 8.42 Å². The van der Waals surface area contributed by atoms with Crippen LogP contribution in [-0.4, -0.2) is 18.5 Å². The molecule has 0 N–H and O–H groups in total. The average Bonchev–Trinajstić information content (AvgIpc) is 2.33. The minimum atomic E-state index is -3.78. The fraction of sp³-hybridized carbons (Fsp3) is 0.231. The molecule has 1 atom stereocenters. The summed E-state index contributed by atoms with van der Waals surface area (Å²) in [6.07, 6.45) is -0.296. The third kappa shape index (κ3) is 3.77. The van der Waals surface area contributed by atoms with Crippen LogP contribution in [0.2, 0.25) is 0 Å². The molecule has 0 amide bonds. The minimum Gasteiger partial charge on any atom is -0.258 e. The van der Waals surface area contributed by atoms with Crippen LogP contribution in [0.5, 0.6) is 0 Å². The summed E-state index contributed by atoms with van der Waals surface area (Å²) < 4.78 is 25.9. The summed E-state index contributed by atoms with van der Waals surface area (Å²) in [5, 5.41) is 1.68. The maximum absolute atomic E-state index is 11.4. The molecule has 20 heavy (non-hydrogen) atoms. The zero-order chi connectivity index (χ0) is 15.0. The van der Waals surface area contributed by atoms with Crippen molar-refractivity contribution in [1.29, 1.82) is 0 Å². The lowest BCUT2D eigenvalue weighted by atomic mass is 10.0. The lowest BCUT2D eigenvalue weighted by molar-refractivity contribution is 0.222. The summed E-state index contributed by atoms with van der Waals surface area (Å²) in [6, 6.07) is 12.7. The van der Waals surface area contributed by atoms with Crippen molar-refractivity contribution < 1.29 is 12.6 Å². The Kier molecular flexibility index (Phi) is 4.52. The standard InChI is InChI=1S/C13H11Cl3O3S/c1-20(17,18)19-12(13(14,15)16)11-8-4-6-9-5-2-3-7-10(9)11/h2-8,12H,1H3. The Morgan fingerprint density at radius 3 is 2.25 bits per heavy atom. The maximum atomic E-state index is 11.4. The third-order valence-corrected chi connectivity index (χ3v) is 3.81. The molecule has 2 aromatic carbocycles. The van der Waals surface area contributed by atoms with Crippen LogP contribution in [0.1, 0.15) is 11.7 Å². The molecule has 0 fully saturated rings. The zero-order valence-electron chi connectivity index (χ0n) is 10.4. The Morgan fingerprint density at radius 2 is 1.65 bits per heavy atom. The minimum absolute atomic E-state index is 0.508. The van der Waals surface area contributed by atoms with E-state index in [0.29, 0.717) is 5.56 Å².